The first-order valence-corrected chi connectivity index (χ1v) is 5.52. The molecule has 0 aliphatic carbocycles. The molecule has 0 aromatic heterocycles. The molecule has 0 aliphatic heterocycles. The van der Waals surface area contributed by atoms with Crippen molar-refractivity contribution >= 4 is 12.4 Å². The van der Waals surface area contributed by atoms with Gasteiger partial charge in [0.05, 0.1) is 0 Å². The Kier molecular flexibility index (Phi) is 7.19. The second-order valence-electron chi connectivity index (χ2n) is 4.43. The van der Waals surface area contributed by atoms with E-state index >= 15 is 0 Å². The fourth-order valence-corrected chi connectivity index (χ4v) is 1.54. The molecule has 0 amide bonds. The van der Waals surface area contributed by atoms with Crippen LogP contribution in [0, 0.1) is 13.8 Å². The monoisotopic (exact) mass is 259 g/mol. The number of hydrogen-bond acceptors (Lipinski definition) is 3. The number of aryl methyl sites for hydroxylation is 1. The summed E-state index contributed by atoms with van der Waals surface area (Å²) in [5.41, 5.74) is 2.35. The van der Waals surface area contributed by atoms with Crippen LogP contribution >= 0.6 is 12.4 Å². The number of likely N-dealkylation sites (N-methyl/N-ethyl adjacent to an activating group) is 1. The SMILES string of the molecule is Cc1cccc(OCC(O)CN(C)C)c1C.Cl. The Hall–Kier alpha value is -0.770. The van der Waals surface area contributed by atoms with Crippen LogP contribution in [0.15, 0.2) is 18.2 Å². The molecule has 0 saturated carbocycles. The molecule has 0 bridgehead atoms. The lowest BCUT2D eigenvalue weighted by molar-refractivity contribution is 0.0828. The van der Waals surface area contributed by atoms with Crippen molar-refractivity contribution in [2.45, 2.75) is 20.0 Å². The molecule has 98 valence electrons. The van der Waals surface area contributed by atoms with Gasteiger partial charge in [-0.1, -0.05) is 12.1 Å². The van der Waals surface area contributed by atoms with E-state index in [2.05, 4.69) is 13.0 Å². The largest absolute Gasteiger partial charge is 0.491 e. The zero-order valence-electron chi connectivity index (χ0n) is 10.9. The molecule has 0 aliphatic rings. The molecule has 1 aromatic rings. The summed E-state index contributed by atoms with van der Waals surface area (Å²) >= 11 is 0. The van der Waals surface area contributed by atoms with Crippen LogP contribution < -0.4 is 4.74 Å². The van der Waals surface area contributed by atoms with Crippen LogP contribution in [-0.4, -0.2) is 43.4 Å². The molecule has 4 heteroatoms. The van der Waals surface area contributed by atoms with Crippen molar-refractivity contribution in [1.82, 2.24) is 4.90 Å². The fraction of sp³-hybridized carbons (Fsp3) is 0.538. The van der Waals surface area contributed by atoms with Crippen LogP contribution in [0.3, 0.4) is 0 Å². The number of aliphatic hydroxyl groups excluding tert-OH is 1. The predicted octanol–water partition coefficient (Wildman–Crippen LogP) is 2.03. The van der Waals surface area contributed by atoms with E-state index in [0.717, 1.165) is 11.3 Å². The zero-order valence-corrected chi connectivity index (χ0v) is 11.8. The maximum absolute atomic E-state index is 9.67. The molecular formula is C13H22ClNO2. The predicted molar refractivity (Wildman–Crippen MR) is 73.2 cm³/mol. The molecule has 0 saturated heterocycles. The molecule has 17 heavy (non-hydrogen) atoms. The molecule has 1 N–H and O–H groups in total. The van der Waals surface area contributed by atoms with Gasteiger partial charge in [0.1, 0.15) is 18.5 Å². The summed E-state index contributed by atoms with van der Waals surface area (Å²) < 4.78 is 5.60. The third kappa shape index (κ3) is 5.39. The smallest absolute Gasteiger partial charge is 0.122 e. The summed E-state index contributed by atoms with van der Waals surface area (Å²) in [5, 5.41) is 9.67. The third-order valence-corrected chi connectivity index (χ3v) is 2.56. The molecule has 1 unspecified atom stereocenters. The van der Waals surface area contributed by atoms with Crippen LogP contribution in [-0.2, 0) is 0 Å². The number of halogens is 1. The molecule has 0 fully saturated rings. The lowest BCUT2D eigenvalue weighted by atomic mass is 10.1. The van der Waals surface area contributed by atoms with Gasteiger partial charge in [-0.05, 0) is 45.1 Å². The van der Waals surface area contributed by atoms with Crippen molar-refractivity contribution in [2.24, 2.45) is 0 Å². The van der Waals surface area contributed by atoms with E-state index in [0.29, 0.717) is 13.2 Å². The van der Waals surface area contributed by atoms with Gasteiger partial charge in [0.2, 0.25) is 0 Å². The van der Waals surface area contributed by atoms with E-state index in [4.69, 9.17) is 4.74 Å². The minimum atomic E-state index is -0.449. The minimum absolute atomic E-state index is 0. The van der Waals surface area contributed by atoms with Crippen LogP contribution in [0.4, 0.5) is 0 Å². The maximum Gasteiger partial charge on any atom is 0.122 e. The first-order chi connectivity index (χ1) is 7.50. The number of benzene rings is 1. The van der Waals surface area contributed by atoms with Gasteiger partial charge in [-0.2, -0.15) is 0 Å². The summed E-state index contributed by atoms with van der Waals surface area (Å²) in [7, 11) is 3.86. The van der Waals surface area contributed by atoms with Crippen LogP contribution in [0.25, 0.3) is 0 Å². The Morgan fingerprint density at radius 3 is 2.53 bits per heavy atom. The van der Waals surface area contributed by atoms with Gasteiger partial charge in [0.25, 0.3) is 0 Å². The van der Waals surface area contributed by atoms with E-state index in [1.807, 2.05) is 38.1 Å². The maximum atomic E-state index is 9.67. The Bertz CT molecular complexity index is 342. The molecular weight excluding hydrogens is 238 g/mol. The summed E-state index contributed by atoms with van der Waals surface area (Å²) in [4.78, 5) is 1.94. The van der Waals surface area contributed by atoms with Gasteiger partial charge in [-0.25, -0.2) is 0 Å². The van der Waals surface area contributed by atoms with Crippen LogP contribution in [0.5, 0.6) is 5.75 Å². The van der Waals surface area contributed by atoms with Gasteiger partial charge < -0.3 is 14.7 Å². The summed E-state index contributed by atoms with van der Waals surface area (Å²) in [6.45, 7) is 5.04. The van der Waals surface area contributed by atoms with Gasteiger partial charge in [-0.3, -0.25) is 0 Å². The van der Waals surface area contributed by atoms with Crippen molar-refractivity contribution in [3.05, 3.63) is 29.3 Å². The number of aliphatic hydroxyl groups is 1. The number of rotatable bonds is 5. The summed E-state index contributed by atoms with van der Waals surface area (Å²) in [5.74, 6) is 0.859. The van der Waals surface area contributed by atoms with Gasteiger partial charge in [-0.15, -0.1) is 12.4 Å². The molecule has 0 heterocycles. The first-order valence-electron chi connectivity index (χ1n) is 5.52. The van der Waals surface area contributed by atoms with Gasteiger partial charge >= 0.3 is 0 Å². The zero-order chi connectivity index (χ0) is 12.1. The van der Waals surface area contributed by atoms with Gasteiger partial charge in [0.15, 0.2) is 0 Å². The molecule has 1 aromatic carbocycles. The minimum Gasteiger partial charge on any atom is -0.491 e. The Morgan fingerprint density at radius 2 is 1.94 bits per heavy atom. The first kappa shape index (κ1) is 16.2. The lowest BCUT2D eigenvalue weighted by Gasteiger charge is -2.17. The van der Waals surface area contributed by atoms with Crippen molar-refractivity contribution < 1.29 is 9.84 Å². The second-order valence-corrected chi connectivity index (χ2v) is 4.43. The third-order valence-electron chi connectivity index (χ3n) is 2.56. The van der Waals surface area contributed by atoms with Crippen molar-refractivity contribution in [1.29, 1.82) is 0 Å². The number of ether oxygens (including phenoxy) is 1. The van der Waals surface area contributed by atoms with E-state index in [1.165, 1.54) is 5.56 Å². The number of nitrogens with zero attached hydrogens (tertiary/aromatic N) is 1. The fourth-order valence-electron chi connectivity index (χ4n) is 1.54. The second kappa shape index (κ2) is 7.54. The highest BCUT2D eigenvalue weighted by Gasteiger charge is 2.08. The highest BCUT2D eigenvalue weighted by molar-refractivity contribution is 5.85. The summed E-state index contributed by atoms with van der Waals surface area (Å²) in [6, 6.07) is 5.96. The van der Waals surface area contributed by atoms with Crippen molar-refractivity contribution in [3.63, 3.8) is 0 Å². The van der Waals surface area contributed by atoms with E-state index in [-0.39, 0.29) is 12.4 Å². The Balaban J connectivity index is 0.00000256. The van der Waals surface area contributed by atoms with E-state index in [9.17, 15) is 5.11 Å². The molecule has 3 nitrogen and oxygen atoms in total. The van der Waals surface area contributed by atoms with Crippen LogP contribution in [0.2, 0.25) is 0 Å². The lowest BCUT2D eigenvalue weighted by Crippen LogP contribution is -2.30. The topological polar surface area (TPSA) is 32.7 Å². The van der Waals surface area contributed by atoms with E-state index in [1.54, 1.807) is 0 Å². The summed E-state index contributed by atoms with van der Waals surface area (Å²) in [6.07, 6.45) is -0.449. The van der Waals surface area contributed by atoms with Crippen molar-refractivity contribution in [2.75, 3.05) is 27.2 Å². The van der Waals surface area contributed by atoms with Crippen LogP contribution in [0.1, 0.15) is 11.1 Å². The molecule has 0 spiro atoms. The van der Waals surface area contributed by atoms with Crippen molar-refractivity contribution in [3.8, 4) is 5.75 Å². The molecule has 1 rings (SSSR count). The van der Waals surface area contributed by atoms with E-state index < -0.39 is 6.10 Å². The Morgan fingerprint density at radius 1 is 1.29 bits per heavy atom. The quantitative estimate of drug-likeness (QED) is 0.878. The number of hydrogen-bond donors (Lipinski definition) is 1. The highest BCUT2D eigenvalue weighted by Crippen LogP contribution is 2.20. The Labute approximate surface area is 110 Å². The average molecular weight is 260 g/mol. The standard InChI is InChI=1S/C13H21NO2.ClH/c1-10-6-5-7-13(11(10)2)16-9-12(15)8-14(3)4;/h5-7,12,15H,8-9H2,1-4H3;1H. The van der Waals surface area contributed by atoms with Gasteiger partial charge in [0, 0.05) is 6.54 Å². The molecule has 0 radical (unpaired) electrons. The normalized spacial score (nSPS) is 12.1. The molecule has 1 atom stereocenters. The highest BCUT2D eigenvalue weighted by atomic mass is 35.5. The average Bonchev–Trinajstić information content (AvgIpc) is 2.19.